The largest absolute Gasteiger partial charge is 0.307 e. The first-order valence-electron chi connectivity index (χ1n) is 4.92. The molecule has 2 nitrogen and oxygen atoms in total. The van der Waals surface area contributed by atoms with Crippen molar-refractivity contribution in [2.45, 2.75) is 32.4 Å². The van der Waals surface area contributed by atoms with Crippen molar-refractivity contribution >= 4 is 0 Å². The van der Waals surface area contributed by atoms with Gasteiger partial charge in [-0.2, -0.15) is 5.26 Å². The van der Waals surface area contributed by atoms with Gasteiger partial charge in [-0.05, 0) is 19.4 Å². The third-order valence-electron chi connectivity index (χ3n) is 2.23. The fourth-order valence-corrected chi connectivity index (χ4v) is 1.46. The Labute approximate surface area is 85.6 Å². The Kier molecular flexibility index (Phi) is 4.15. The lowest BCUT2D eigenvalue weighted by Crippen LogP contribution is -2.28. The Morgan fingerprint density at radius 3 is 2.50 bits per heavy atom. The van der Waals surface area contributed by atoms with Crippen LogP contribution in [0.15, 0.2) is 30.3 Å². The number of hydrogen-bond acceptors (Lipinski definition) is 2. The third kappa shape index (κ3) is 3.20. The van der Waals surface area contributed by atoms with Crippen molar-refractivity contribution in [2.75, 3.05) is 0 Å². The van der Waals surface area contributed by atoms with Crippen molar-refractivity contribution in [1.82, 2.24) is 5.32 Å². The average molecular weight is 188 g/mol. The van der Waals surface area contributed by atoms with E-state index in [0.717, 1.165) is 0 Å². The van der Waals surface area contributed by atoms with Crippen LogP contribution in [0.1, 0.15) is 31.9 Å². The Bertz CT molecular complexity index is 300. The second-order valence-corrected chi connectivity index (χ2v) is 3.56. The van der Waals surface area contributed by atoms with Gasteiger partial charge in [-0.25, -0.2) is 0 Å². The van der Waals surface area contributed by atoms with E-state index in [1.54, 1.807) is 0 Å². The van der Waals surface area contributed by atoms with Crippen molar-refractivity contribution < 1.29 is 0 Å². The molecule has 0 amide bonds. The maximum atomic E-state index is 8.53. The summed E-state index contributed by atoms with van der Waals surface area (Å²) in [5, 5.41) is 11.9. The summed E-state index contributed by atoms with van der Waals surface area (Å²) in [7, 11) is 0. The monoisotopic (exact) mass is 188 g/mol. The van der Waals surface area contributed by atoms with E-state index in [-0.39, 0.29) is 6.04 Å². The van der Waals surface area contributed by atoms with Gasteiger partial charge >= 0.3 is 0 Å². The van der Waals surface area contributed by atoms with E-state index in [4.69, 9.17) is 5.26 Å². The molecule has 0 aliphatic rings. The van der Waals surface area contributed by atoms with Crippen LogP contribution in [-0.4, -0.2) is 6.04 Å². The summed E-state index contributed by atoms with van der Waals surface area (Å²) < 4.78 is 0. The number of nitriles is 1. The highest BCUT2D eigenvalue weighted by molar-refractivity contribution is 5.18. The molecule has 1 N–H and O–H groups in total. The second-order valence-electron chi connectivity index (χ2n) is 3.56. The molecule has 0 radical (unpaired) electrons. The van der Waals surface area contributed by atoms with Gasteiger partial charge in [-0.3, -0.25) is 0 Å². The molecule has 1 rings (SSSR count). The number of nitrogens with one attached hydrogen (secondary N) is 1. The molecule has 0 aromatic heterocycles. The van der Waals surface area contributed by atoms with Gasteiger partial charge in [-0.1, -0.05) is 30.3 Å². The minimum Gasteiger partial charge on any atom is -0.307 e. The summed E-state index contributed by atoms with van der Waals surface area (Å²) in [5.74, 6) is 0. The number of benzene rings is 1. The van der Waals surface area contributed by atoms with Crippen molar-refractivity contribution in [2.24, 2.45) is 0 Å². The number of rotatable bonds is 4. The molecule has 1 aromatic rings. The summed E-state index contributed by atoms with van der Waals surface area (Å²) in [4.78, 5) is 0. The SMILES string of the molecule is CC(CC#N)NC(C)c1ccccc1. The lowest BCUT2D eigenvalue weighted by Gasteiger charge is -2.18. The zero-order valence-corrected chi connectivity index (χ0v) is 8.70. The van der Waals surface area contributed by atoms with E-state index in [2.05, 4.69) is 30.4 Å². The van der Waals surface area contributed by atoms with E-state index in [0.29, 0.717) is 12.5 Å². The molecule has 0 heterocycles. The maximum absolute atomic E-state index is 8.53. The zero-order valence-electron chi connectivity index (χ0n) is 8.70. The van der Waals surface area contributed by atoms with Crippen molar-refractivity contribution in [3.8, 4) is 6.07 Å². The Hall–Kier alpha value is -1.33. The molecule has 0 aliphatic carbocycles. The second kappa shape index (κ2) is 5.41. The van der Waals surface area contributed by atoms with Crippen LogP contribution in [0.4, 0.5) is 0 Å². The predicted octanol–water partition coefficient (Wildman–Crippen LogP) is 2.64. The van der Waals surface area contributed by atoms with Gasteiger partial charge in [0.2, 0.25) is 0 Å². The van der Waals surface area contributed by atoms with E-state index >= 15 is 0 Å². The fraction of sp³-hybridized carbons (Fsp3) is 0.417. The minimum absolute atomic E-state index is 0.246. The van der Waals surface area contributed by atoms with Crippen LogP contribution in [0.25, 0.3) is 0 Å². The Balaban J connectivity index is 2.51. The Morgan fingerprint density at radius 2 is 1.93 bits per heavy atom. The normalized spacial score (nSPS) is 14.4. The third-order valence-corrected chi connectivity index (χ3v) is 2.23. The lowest BCUT2D eigenvalue weighted by atomic mass is 10.1. The van der Waals surface area contributed by atoms with Gasteiger partial charge in [0.25, 0.3) is 0 Å². The smallest absolute Gasteiger partial charge is 0.0638 e. The molecule has 0 saturated heterocycles. The molecule has 74 valence electrons. The van der Waals surface area contributed by atoms with Gasteiger partial charge in [0.05, 0.1) is 12.5 Å². The maximum Gasteiger partial charge on any atom is 0.0638 e. The van der Waals surface area contributed by atoms with E-state index in [1.165, 1.54) is 5.56 Å². The molecule has 2 heteroatoms. The van der Waals surface area contributed by atoms with Gasteiger partial charge in [0.1, 0.15) is 0 Å². The van der Waals surface area contributed by atoms with Crippen LogP contribution in [0.5, 0.6) is 0 Å². The highest BCUT2D eigenvalue weighted by Gasteiger charge is 2.07. The molecule has 0 bridgehead atoms. The molecule has 2 atom stereocenters. The van der Waals surface area contributed by atoms with E-state index < -0.39 is 0 Å². The standard InChI is InChI=1S/C12H16N2/c1-10(8-9-13)14-11(2)12-6-4-3-5-7-12/h3-7,10-11,14H,8H2,1-2H3. The first kappa shape index (κ1) is 10.7. The lowest BCUT2D eigenvalue weighted by molar-refractivity contribution is 0.485. The summed E-state index contributed by atoms with van der Waals surface area (Å²) >= 11 is 0. The molecular weight excluding hydrogens is 172 g/mol. The van der Waals surface area contributed by atoms with Crippen molar-refractivity contribution in [3.05, 3.63) is 35.9 Å². The summed E-state index contributed by atoms with van der Waals surface area (Å²) in [6.45, 7) is 4.14. The topological polar surface area (TPSA) is 35.8 Å². The fourth-order valence-electron chi connectivity index (χ4n) is 1.46. The van der Waals surface area contributed by atoms with Gasteiger partial charge in [0.15, 0.2) is 0 Å². The molecule has 2 unspecified atom stereocenters. The van der Waals surface area contributed by atoms with Gasteiger partial charge in [0, 0.05) is 12.1 Å². The molecule has 0 spiro atoms. The number of hydrogen-bond donors (Lipinski definition) is 1. The molecule has 0 aliphatic heterocycles. The molecular formula is C12H16N2. The van der Waals surface area contributed by atoms with Crippen LogP contribution >= 0.6 is 0 Å². The van der Waals surface area contributed by atoms with Crippen LogP contribution in [-0.2, 0) is 0 Å². The summed E-state index contributed by atoms with van der Waals surface area (Å²) in [5.41, 5.74) is 1.26. The predicted molar refractivity (Wildman–Crippen MR) is 57.7 cm³/mol. The van der Waals surface area contributed by atoms with Crippen molar-refractivity contribution in [1.29, 1.82) is 5.26 Å². The van der Waals surface area contributed by atoms with Crippen LogP contribution in [0.3, 0.4) is 0 Å². The van der Waals surface area contributed by atoms with Crippen LogP contribution in [0, 0.1) is 11.3 Å². The average Bonchev–Trinajstić information content (AvgIpc) is 2.19. The Morgan fingerprint density at radius 1 is 1.29 bits per heavy atom. The van der Waals surface area contributed by atoms with E-state index in [1.807, 2.05) is 25.1 Å². The van der Waals surface area contributed by atoms with Crippen LogP contribution < -0.4 is 5.32 Å². The van der Waals surface area contributed by atoms with Gasteiger partial charge in [-0.15, -0.1) is 0 Å². The minimum atomic E-state index is 0.246. The molecule has 0 saturated carbocycles. The van der Waals surface area contributed by atoms with Gasteiger partial charge < -0.3 is 5.32 Å². The molecule has 0 fully saturated rings. The molecule has 14 heavy (non-hydrogen) atoms. The quantitative estimate of drug-likeness (QED) is 0.788. The van der Waals surface area contributed by atoms with Crippen molar-refractivity contribution in [3.63, 3.8) is 0 Å². The molecule has 1 aromatic carbocycles. The first-order valence-corrected chi connectivity index (χ1v) is 4.92. The van der Waals surface area contributed by atoms with E-state index in [9.17, 15) is 0 Å². The zero-order chi connectivity index (χ0) is 10.4. The summed E-state index contributed by atoms with van der Waals surface area (Å²) in [6.07, 6.45) is 0.553. The summed E-state index contributed by atoms with van der Waals surface area (Å²) in [6, 6.07) is 13.0. The highest BCUT2D eigenvalue weighted by Crippen LogP contribution is 2.12. The number of nitrogens with zero attached hydrogens (tertiary/aromatic N) is 1. The van der Waals surface area contributed by atoms with Crippen LogP contribution in [0.2, 0.25) is 0 Å². The first-order chi connectivity index (χ1) is 6.74. The highest BCUT2D eigenvalue weighted by atomic mass is 14.9.